The van der Waals surface area contributed by atoms with Crippen molar-refractivity contribution >= 4 is 45.3 Å². The lowest BCUT2D eigenvalue weighted by atomic mass is 9.99. The summed E-state index contributed by atoms with van der Waals surface area (Å²) >= 11 is 6.35. The average Bonchev–Trinajstić information content (AvgIpc) is 3.74. The molecule has 2 unspecified atom stereocenters. The monoisotopic (exact) mass is 597 g/mol. The van der Waals surface area contributed by atoms with E-state index in [9.17, 15) is 4.79 Å². The van der Waals surface area contributed by atoms with Crippen LogP contribution >= 0.6 is 11.6 Å². The Morgan fingerprint density at radius 3 is 2.74 bits per heavy atom. The van der Waals surface area contributed by atoms with Crippen LogP contribution in [0.15, 0.2) is 49.1 Å². The Labute approximate surface area is 253 Å². The molecular formula is C31H32ClN9O2. The molecule has 220 valence electrons. The van der Waals surface area contributed by atoms with Gasteiger partial charge in [-0.1, -0.05) is 11.6 Å². The van der Waals surface area contributed by atoms with Crippen molar-refractivity contribution in [2.24, 2.45) is 24.6 Å². The molecule has 5 aromatic rings. The van der Waals surface area contributed by atoms with E-state index in [1.54, 1.807) is 19.5 Å². The number of aromatic nitrogens is 6. The number of hydrogen-bond acceptors (Lipinski definition) is 8. The summed E-state index contributed by atoms with van der Waals surface area (Å²) in [5.41, 5.74) is 11.3. The van der Waals surface area contributed by atoms with E-state index in [2.05, 4.69) is 41.1 Å². The zero-order valence-electron chi connectivity index (χ0n) is 24.0. The summed E-state index contributed by atoms with van der Waals surface area (Å²) in [4.78, 5) is 36.0. The second-order valence-electron chi connectivity index (χ2n) is 12.0. The Morgan fingerprint density at radius 2 is 2.02 bits per heavy atom. The zero-order chi connectivity index (χ0) is 29.4. The number of fused-ring (bicyclic) bond motifs is 4. The molecule has 8 rings (SSSR count). The molecule has 2 aliphatic heterocycles. The number of carbonyl (C=O) groups excluding carboxylic acids is 1. The number of hydrogen-bond donors (Lipinski definition) is 1. The van der Waals surface area contributed by atoms with E-state index in [1.807, 2.05) is 30.1 Å². The number of pyridine rings is 1. The van der Waals surface area contributed by atoms with E-state index >= 15 is 0 Å². The van der Waals surface area contributed by atoms with Gasteiger partial charge in [0.2, 0.25) is 0 Å². The highest BCUT2D eigenvalue weighted by atomic mass is 35.5. The molecule has 3 aliphatic rings. The summed E-state index contributed by atoms with van der Waals surface area (Å²) in [7, 11) is 3.66. The van der Waals surface area contributed by atoms with Crippen molar-refractivity contribution in [1.29, 1.82) is 0 Å². The first-order valence-corrected chi connectivity index (χ1v) is 15.0. The number of rotatable bonds is 6. The second-order valence-corrected chi connectivity index (χ2v) is 12.4. The van der Waals surface area contributed by atoms with Gasteiger partial charge in [-0.2, -0.15) is 0 Å². The molecular weight excluding hydrogens is 566 g/mol. The predicted octanol–water partition coefficient (Wildman–Crippen LogP) is 3.74. The summed E-state index contributed by atoms with van der Waals surface area (Å²) < 4.78 is 10.3. The van der Waals surface area contributed by atoms with Gasteiger partial charge in [0.25, 0.3) is 5.91 Å². The first kappa shape index (κ1) is 26.4. The lowest BCUT2D eigenvalue weighted by Gasteiger charge is -2.41. The lowest BCUT2D eigenvalue weighted by Crippen LogP contribution is -2.48. The van der Waals surface area contributed by atoms with E-state index in [0.29, 0.717) is 41.4 Å². The topological polar surface area (TPSA) is 120 Å². The molecule has 0 radical (unpaired) electrons. The van der Waals surface area contributed by atoms with Crippen LogP contribution in [0, 0.1) is 11.8 Å². The van der Waals surface area contributed by atoms with E-state index in [-0.39, 0.29) is 18.0 Å². The first-order valence-electron chi connectivity index (χ1n) is 14.7. The number of carbonyl (C=O) groups is 1. The minimum Gasteiger partial charge on any atom is -0.494 e. The van der Waals surface area contributed by atoms with Gasteiger partial charge in [-0.3, -0.25) is 4.79 Å². The van der Waals surface area contributed by atoms with Crippen molar-refractivity contribution in [2.45, 2.75) is 31.5 Å². The third kappa shape index (κ3) is 4.09. The van der Waals surface area contributed by atoms with E-state index in [4.69, 9.17) is 27.1 Å². The van der Waals surface area contributed by atoms with Crippen LogP contribution in [0.1, 0.15) is 23.2 Å². The molecule has 1 aliphatic carbocycles. The number of nitrogens with two attached hydrogens (primary N) is 1. The minimum absolute atomic E-state index is 0.00986. The zero-order valence-corrected chi connectivity index (χ0v) is 24.8. The van der Waals surface area contributed by atoms with Gasteiger partial charge in [-0.25, -0.2) is 19.9 Å². The van der Waals surface area contributed by atoms with Crippen molar-refractivity contribution in [3.8, 4) is 17.3 Å². The Kier molecular flexibility index (Phi) is 6.09. The molecule has 1 saturated carbocycles. The fourth-order valence-electron chi connectivity index (χ4n) is 7.37. The maximum atomic E-state index is 13.8. The van der Waals surface area contributed by atoms with Gasteiger partial charge in [0.1, 0.15) is 23.2 Å². The van der Waals surface area contributed by atoms with E-state index < -0.39 is 0 Å². The van der Waals surface area contributed by atoms with Crippen LogP contribution in [-0.2, 0) is 13.6 Å². The largest absolute Gasteiger partial charge is 0.494 e. The van der Waals surface area contributed by atoms with Gasteiger partial charge in [0.15, 0.2) is 11.0 Å². The van der Waals surface area contributed by atoms with Crippen molar-refractivity contribution in [2.75, 3.05) is 31.6 Å². The highest BCUT2D eigenvalue weighted by Gasteiger charge is 2.47. The molecule has 4 aromatic heterocycles. The van der Waals surface area contributed by atoms with Gasteiger partial charge in [-0.05, 0) is 49.1 Å². The van der Waals surface area contributed by atoms with Gasteiger partial charge in [-0.15, -0.1) is 0 Å². The third-order valence-corrected chi connectivity index (χ3v) is 9.88. The SMILES string of the molecule is COc1cc(C(=O)N2CC3CCC2[C@@H]3N)cc2nc(-c3cc4cccnc4n3C)n(CC3CN(c4cncnc4Cl)C3)c12. The summed E-state index contributed by atoms with van der Waals surface area (Å²) in [6, 6.07) is 10.0. The number of halogens is 1. The van der Waals surface area contributed by atoms with Crippen molar-refractivity contribution in [1.82, 2.24) is 34.0 Å². The summed E-state index contributed by atoms with van der Waals surface area (Å²) in [5.74, 6) is 2.13. The highest BCUT2D eigenvalue weighted by Crippen LogP contribution is 2.40. The number of imidazole rings is 1. The van der Waals surface area contributed by atoms with Crippen LogP contribution in [0.4, 0.5) is 5.69 Å². The first-order chi connectivity index (χ1) is 20.9. The number of likely N-dealkylation sites (tertiary alicyclic amines) is 1. The number of nitrogens with zero attached hydrogens (tertiary/aromatic N) is 8. The smallest absolute Gasteiger partial charge is 0.254 e. The van der Waals surface area contributed by atoms with Crippen LogP contribution in [0.2, 0.25) is 5.15 Å². The third-order valence-electron chi connectivity index (χ3n) is 9.59. The number of anilines is 1. The van der Waals surface area contributed by atoms with Crippen LogP contribution in [0.25, 0.3) is 33.6 Å². The number of aryl methyl sites for hydroxylation is 1. The van der Waals surface area contributed by atoms with Crippen LogP contribution in [-0.4, -0.2) is 78.7 Å². The molecule has 1 amide bonds. The highest BCUT2D eigenvalue weighted by molar-refractivity contribution is 6.32. The molecule has 0 spiro atoms. The number of amides is 1. The molecule has 11 nitrogen and oxygen atoms in total. The fourth-order valence-corrected chi connectivity index (χ4v) is 7.58. The lowest BCUT2D eigenvalue weighted by molar-refractivity contribution is 0.0700. The number of piperidine rings is 1. The molecule has 2 saturated heterocycles. The quantitative estimate of drug-likeness (QED) is 0.294. The van der Waals surface area contributed by atoms with Gasteiger partial charge < -0.3 is 29.4 Å². The van der Waals surface area contributed by atoms with E-state index in [0.717, 1.165) is 65.2 Å². The van der Waals surface area contributed by atoms with Crippen LogP contribution in [0.3, 0.4) is 0 Å². The molecule has 1 aromatic carbocycles. The standard InChI is InChI=1S/C31H32ClN9O2/c1-38-23(9-18-4-3-7-35-29(18)38)30-37-21-8-20(31(42)40-15-19-5-6-22(40)26(19)33)10-25(43-2)27(21)41(30)14-17-12-39(13-17)24-11-34-16-36-28(24)32/h3-4,7-11,16-17,19,22,26H,5-6,12-15,33H2,1-2H3/t19?,22?,26-/m1/s1. The van der Waals surface area contributed by atoms with Gasteiger partial charge in [0.05, 0.1) is 30.2 Å². The average molecular weight is 598 g/mol. The van der Waals surface area contributed by atoms with Crippen molar-refractivity contribution in [3.63, 3.8) is 0 Å². The summed E-state index contributed by atoms with van der Waals surface area (Å²) in [6.07, 6.45) is 7.07. The number of methoxy groups -OCH3 is 1. The molecule has 43 heavy (non-hydrogen) atoms. The minimum atomic E-state index is -0.00986. The van der Waals surface area contributed by atoms with Crippen LogP contribution < -0.4 is 15.4 Å². The predicted molar refractivity (Wildman–Crippen MR) is 164 cm³/mol. The molecule has 2 N–H and O–H groups in total. The molecule has 2 bridgehead atoms. The summed E-state index contributed by atoms with van der Waals surface area (Å²) in [5, 5.41) is 1.49. The Balaban J connectivity index is 1.21. The molecule has 6 heterocycles. The molecule has 12 heteroatoms. The maximum Gasteiger partial charge on any atom is 0.254 e. The molecule has 3 fully saturated rings. The summed E-state index contributed by atoms with van der Waals surface area (Å²) in [6.45, 7) is 3.03. The normalized spacial score (nSPS) is 21.7. The number of ether oxygens (including phenoxy) is 1. The van der Waals surface area contributed by atoms with Crippen molar-refractivity contribution in [3.05, 3.63) is 59.8 Å². The second kappa shape index (κ2) is 9.92. The van der Waals surface area contributed by atoms with E-state index in [1.165, 1.54) is 6.33 Å². The maximum absolute atomic E-state index is 13.8. The number of benzene rings is 1. The molecule has 3 atom stereocenters. The van der Waals surface area contributed by atoms with Crippen molar-refractivity contribution < 1.29 is 9.53 Å². The Morgan fingerprint density at radius 1 is 1.16 bits per heavy atom. The Bertz CT molecular complexity index is 1900. The fraction of sp³-hybridized carbons (Fsp3) is 0.387. The van der Waals surface area contributed by atoms with Gasteiger partial charge in [0, 0.05) is 68.4 Å². The van der Waals surface area contributed by atoms with Gasteiger partial charge >= 0.3 is 0 Å². The van der Waals surface area contributed by atoms with Crippen LogP contribution in [0.5, 0.6) is 5.75 Å². The Hall–Kier alpha value is -4.22.